The van der Waals surface area contributed by atoms with Crippen LogP contribution in [-0.4, -0.2) is 5.91 Å². The summed E-state index contributed by atoms with van der Waals surface area (Å²) in [5.74, 6) is -0.391. The van der Waals surface area contributed by atoms with E-state index >= 15 is 0 Å². The Kier molecular flexibility index (Phi) is 4.11. The molecule has 0 unspecified atom stereocenters. The zero-order valence-corrected chi connectivity index (χ0v) is 11.2. The molecule has 0 atom stereocenters. The number of carbonyl (C=O) groups is 1. The van der Waals surface area contributed by atoms with Gasteiger partial charge in [0.2, 0.25) is 0 Å². The molecule has 0 saturated carbocycles. The number of rotatable bonds is 3. The Hall–Kier alpha value is -2.38. The Balaban J connectivity index is 2.14. The molecule has 2 rings (SSSR count). The highest BCUT2D eigenvalue weighted by molar-refractivity contribution is 7.08. The third-order valence-electron chi connectivity index (χ3n) is 2.53. The van der Waals surface area contributed by atoms with Gasteiger partial charge in [-0.05, 0) is 47.5 Å². The van der Waals surface area contributed by atoms with Gasteiger partial charge in [-0.3, -0.25) is 4.79 Å². The number of hydrogen-bond acceptors (Lipinski definition) is 3. The second-order valence-electron chi connectivity index (χ2n) is 4.05. The maximum Gasteiger partial charge on any atom is 0.266 e. The van der Waals surface area contributed by atoms with Crippen molar-refractivity contribution in [1.29, 1.82) is 5.26 Å². The second kappa shape index (κ2) is 5.98. The highest BCUT2D eigenvalue weighted by Gasteiger charge is 2.09. The van der Waals surface area contributed by atoms with Crippen LogP contribution in [0.5, 0.6) is 0 Å². The molecule has 0 aliphatic heterocycles. The van der Waals surface area contributed by atoms with Crippen LogP contribution in [0, 0.1) is 18.3 Å². The van der Waals surface area contributed by atoms with Crippen molar-refractivity contribution in [1.82, 2.24) is 0 Å². The van der Waals surface area contributed by atoms with Gasteiger partial charge in [-0.2, -0.15) is 16.6 Å². The lowest BCUT2D eigenvalue weighted by Crippen LogP contribution is -2.13. The molecule has 0 radical (unpaired) electrons. The molecule has 19 heavy (non-hydrogen) atoms. The Bertz CT molecular complexity index is 634. The molecule has 0 spiro atoms. The van der Waals surface area contributed by atoms with Crippen molar-refractivity contribution in [2.45, 2.75) is 6.92 Å². The molecule has 1 aromatic carbocycles. The number of anilines is 1. The second-order valence-corrected chi connectivity index (χ2v) is 4.83. The summed E-state index contributed by atoms with van der Waals surface area (Å²) in [6.45, 7) is 1.97. The third-order valence-corrected chi connectivity index (χ3v) is 3.23. The minimum absolute atomic E-state index is 0.0963. The molecule has 0 aliphatic carbocycles. The van der Waals surface area contributed by atoms with E-state index in [0.29, 0.717) is 5.69 Å². The molecule has 4 heteroatoms. The van der Waals surface area contributed by atoms with E-state index in [1.807, 2.05) is 54.1 Å². The number of amides is 1. The average molecular weight is 268 g/mol. The summed E-state index contributed by atoms with van der Waals surface area (Å²) in [6, 6.07) is 11.2. The van der Waals surface area contributed by atoms with E-state index in [4.69, 9.17) is 5.26 Å². The third kappa shape index (κ3) is 3.54. The normalized spacial score (nSPS) is 10.8. The lowest BCUT2D eigenvalue weighted by atomic mass is 10.2. The van der Waals surface area contributed by atoms with E-state index in [0.717, 1.165) is 11.1 Å². The van der Waals surface area contributed by atoms with Crippen LogP contribution in [0.2, 0.25) is 0 Å². The van der Waals surface area contributed by atoms with Gasteiger partial charge in [0.25, 0.3) is 5.91 Å². The first-order valence-electron chi connectivity index (χ1n) is 5.71. The van der Waals surface area contributed by atoms with Crippen LogP contribution < -0.4 is 5.32 Å². The van der Waals surface area contributed by atoms with Crippen molar-refractivity contribution >= 4 is 29.0 Å². The Morgan fingerprint density at radius 1 is 1.32 bits per heavy atom. The smallest absolute Gasteiger partial charge is 0.266 e. The van der Waals surface area contributed by atoms with Gasteiger partial charge in [0.05, 0.1) is 0 Å². The van der Waals surface area contributed by atoms with E-state index in [9.17, 15) is 4.79 Å². The van der Waals surface area contributed by atoms with Crippen molar-refractivity contribution in [2.24, 2.45) is 0 Å². The van der Waals surface area contributed by atoms with E-state index in [1.165, 1.54) is 11.3 Å². The maximum atomic E-state index is 12.0. The minimum atomic E-state index is -0.391. The molecule has 94 valence electrons. The zero-order valence-electron chi connectivity index (χ0n) is 10.4. The number of nitriles is 1. The van der Waals surface area contributed by atoms with Crippen LogP contribution in [0.15, 0.2) is 46.7 Å². The molecule has 0 saturated heterocycles. The van der Waals surface area contributed by atoms with Gasteiger partial charge in [0.15, 0.2) is 0 Å². The van der Waals surface area contributed by atoms with Crippen molar-refractivity contribution in [3.05, 3.63) is 57.8 Å². The predicted molar refractivity (Wildman–Crippen MR) is 77.7 cm³/mol. The summed E-state index contributed by atoms with van der Waals surface area (Å²) in [5.41, 5.74) is 2.76. The average Bonchev–Trinajstić information content (AvgIpc) is 2.91. The van der Waals surface area contributed by atoms with Crippen LogP contribution in [-0.2, 0) is 4.79 Å². The van der Waals surface area contributed by atoms with Crippen molar-refractivity contribution in [3.63, 3.8) is 0 Å². The quantitative estimate of drug-likeness (QED) is 0.683. The first-order valence-corrected chi connectivity index (χ1v) is 6.65. The van der Waals surface area contributed by atoms with Crippen LogP contribution in [0.1, 0.15) is 11.1 Å². The number of hydrogen-bond donors (Lipinski definition) is 1. The van der Waals surface area contributed by atoms with Gasteiger partial charge < -0.3 is 5.32 Å². The molecule has 0 aliphatic rings. The van der Waals surface area contributed by atoms with E-state index in [2.05, 4.69) is 5.32 Å². The summed E-state index contributed by atoms with van der Waals surface area (Å²) in [4.78, 5) is 12.0. The van der Waals surface area contributed by atoms with Crippen molar-refractivity contribution in [3.8, 4) is 6.07 Å². The molecule has 1 N–H and O–H groups in total. The lowest BCUT2D eigenvalue weighted by molar-refractivity contribution is -0.112. The largest absolute Gasteiger partial charge is 0.321 e. The topological polar surface area (TPSA) is 52.9 Å². The minimum Gasteiger partial charge on any atom is -0.321 e. The first-order chi connectivity index (χ1) is 9.19. The number of benzene rings is 1. The van der Waals surface area contributed by atoms with E-state index < -0.39 is 5.91 Å². The van der Waals surface area contributed by atoms with Crippen LogP contribution in [0.3, 0.4) is 0 Å². The van der Waals surface area contributed by atoms with Gasteiger partial charge in [-0.25, -0.2) is 0 Å². The number of carbonyl (C=O) groups excluding carboxylic acids is 1. The van der Waals surface area contributed by atoms with Crippen LogP contribution >= 0.6 is 11.3 Å². The van der Waals surface area contributed by atoms with Crippen LogP contribution in [0.25, 0.3) is 6.08 Å². The Morgan fingerprint density at radius 3 is 2.63 bits per heavy atom. The van der Waals surface area contributed by atoms with Gasteiger partial charge >= 0.3 is 0 Å². The van der Waals surface area contributed by atoms with Crippen molar-refractivity contribution in [2.75, 3.05) is 5.32 Å². The molecule has 1 amide bonds. The molecule has 3 nitrogen and oxygen atoms in total. The standard InChI is InChI=1S/C15H12N2OS/c1-11-2-4-14(5-3-11)17-15(18)13(9-16)8-12-6-7-19-10-12/h2-8,10H,1H3,(H,17,18)/b13-8+. The van der Waals surface area contributed by atoms with Crippen molar-refractivity contribution < 1.29 is 4.79 Å². The fourth-order valence-corrected chi connectivity index (χ4v) is 2.13. The maximum absolute atomic E-state index is 12.0. The number of thiophene rings is 1. The van der Waals surface area contributed by atoms with E-state index in [1.54, 1.807) is 6.08 Å². The molecule has 1 heterocycles. The Morgan fingerprint density at radius 2 is 2.05 bits per heavy atom. The number of aryl methyl sites for hydroxylation is 1. The molecule has 2 aromatic rings. The van der Waals surface area contributed by atoms with Gasteiger partial charge in [0, 0.05) is 5.69 Å². The Labute approximate surface area is 115 Å². The van der Waals surface area contributed by atoms with Gasteiger partial charge in [0.1, 0.15) is 11.6 Å². The molecule has 0 fully saturated rings. The lowest BCUT2D eigenvalue weighted by Gasteiger charge is -2.04. The highest BCUT2D eigenvalue weighted by Crippen LogP contribution is 2.13. The van der Waals surface area contributed by atoms with Gasteiger partial charge in [-0.1, -0.05) is 17.7 Å². The van der Waals surface area contributed by atoms with E-state index in [-0.39, 0.29) is 5.57 Å². The summed E-state index contributed by atoms with van der Waals surface area (Å²) < 4.78 is 0. The highest BCUT2D eigenvalue weighted by atomic mass is 32.1. The SMILES string of the molecule is Cc1ccc(NC(=O)/C(C#N)=C/c2ccsc2)cc1. The summed E-state index contributed by atoms with van der Waals surface area (Å²) >= 11 is 1.52. The van der Waals surface area contributed by atoms with Gasteiger partial charge in [-0.15, -0.1) is 0 Å². The fraction of sp³-hybridized carbons (Fsp3) is 0.0667. The first kappa shape index (κ1) is 13.1. The molecule has 1 aromatic heterocycles. The monoisotopic (exact) mass is 268 g/mol. The summed E-state index contributed by atoms with van der Waals surface area (Å²) in [6.07, 6.45) is 1.58. The molecule has 0 bridgehead atoms. The molecular formula is C15H12N2OS. The summed E-state index contributed by atoms with van der Waals surface area (Å²) in [7, 11) is 0. The molecular weight excluding hydrogens is 256 g/mol. The number of nitrogens with one attached hydrogen (secondary N) is 1. The fourth-order valence-electron chi connectivity index (χ4n) is 1.51. The summed E-state index contributed by atoms with van der Waals surface area (Å²) in [5, 5.41) is 15.5. The van der Waals surface area contributed by atoms with Crippen LogP contribution in [0.4, 0.5) is 5.69 Å². The zero-order chi connectivity index (χ0) is 13.7. The predicted octanol–water partition coefficient (Wildman–Crippen LogP) is 3.60. The number of nitrogens with zero attached hydrogens (tertiary/aromatic N) is 1.